The maximum Gasteiger partial charge on any atom is 0.361 e. The highest BCUT2D eigenvalue weighted by Crippen LogP contribution is 2.18. The minimum atomic E-state index is -3.97. The second kappa shape index (κ2) is 2.35. The summed E-state index contributed by atoms with van der Waals surface area (Å²) >= 11 is 0. The van der Waals surface area contributed by atoms with E-state index in [1.807, 2.05) is 0 Å². The summed E-state index contributed by atoms with van der Waals surface area (Å²) in [4.78, 5) is 0. The van der Waals surface area contributed by atoms with Crippen molar-refractivity contribution in [2.24, 2.45) is 0 Å². The third kappa shape index (κ3) is 2.16. The minimum absolute atomic E-state index is 1.01. The number of halogens is 3. The van der Waals surface area contributed by atoms with Crippen LogP contribution < -0.4 is 0 Å². The molecule has 8 heavy (non-hydrogen) atoms. The quantitative estimate of drug-likeness (QED) is 0.486. The van der Waals surface area contributed by atoms with Gasteiger partial charge in [0.15, 0.2) is 8.80 Å². The van der Waals surface area contributed by atoms with Crippen molar-refractivity contribution in [3.05, 3.63) is 12.3 Å². The Hall–Kier alpha value is -0.253. The van der Waals surface area contributed by atoms with Crippen molar-refractivity contribution in [2.75, 3.05) is 0 Å². The largest absolute Gasteiger partial charge is 0.361 e. The molecule has 0 aliphatic carbocycles. The van der Waals surface area contributed by atoms with Gasteiger partial charge < -0.3 is 0 Å². The molecule has 48 valence electrons. The molecule has 0 rings (SSSR count). The highest BCUT2D eigenvalue weighted by molar-refractivity contribution is 6.64. The molecule has 0 aliphatic rings. The summed E-state index contributed by atoms with van der Waals surface area (Å²) in [5.74, 6) is -3.97. The molecule has 0 aromatic carbocycles. The van der Waals surface area contributed by atoms with Gasteiger partial charge in [0.05, 0.1) is 0 Å². The van der Waals surface area contributed by atoms with Crippen LogP contribution in [-0.4, -0.2) is 14.6 Å². The van der Waals surface area contributed by atoms with Crippen molar-refractivity contribution in [1.29, 1.82) is 0 Å². The molecule has 0 N–H and O–H groups in total. The molecular weight excluding hydrogens is 133 g/mol. The van der Waals surface area contributed by atoms with Gasteiger partial charge in [-0.3, -0.25) is 0 Å². The van der Waals surface area contributed by atoms with E-state index in [1.165, 1.54) is 6.55 Å². The van der Waals surface area contributed by atoms with E-state index in [0.717, 1.165) is 5.70 Å². The highest BCUT2D eigenvalue weighted by Gasteiger charge is 2.34. The summed E-state index contributed by atoms with van der Waals surface area (Å²) in [5, 5.41) is 0. The van der Waals surface area contributed by atoms with E-state index < -0.39 is 14.6 Å². The molecular formula is C4H7F3Si. The Morgan fingerprint density at radius 2 is 1.88 bits per heavy atom. The SMILES string of the molecule is C=C[SiH](C)C(F)(F)F. The highest BCUT2D eigenvalue weighted by atomic mass is 28.3. The van der Waals surface area contributed by atoms with E-state index >= 15 is 0 Å². The third-order valence-electron chi connectivity index (χ3n) is 0.870. The molecule has 1 atom stereocenters. The lowest BCUT2D eigenvalue weighted by Gasteiger charge is -2.07. The van der Waals surface area contributed by atoms with Crippen LogP contribution in [0.25, 0.3) is 0 Å². The molecule has 1 unspecified atom stereocenters. The zero-order valence-electron chi connectivity index (χ0n) is 4.50. The van der Waals surface area contributed by atoms with Crippen LogP contribution in [0.2, 0.25) is 6.55 Å². The molecule has 0 amide bonds. The summed E-state index contributed by atoms with van der Waals surface area (Å²) in [5.41, 5.74) is 1.01. The molecule has 0 bridgehead atoms. The van der Waals surface area contributed by atoms with E-state index in [4.69, 9.17) is 0 Å². The van der Waals surface area contributed by atoms with Crippen molar-refractivity contribution in [3.8, 4) is 0 Å². The zero-order chi connectivity index (χ0) is 6.78. The average molecular weight is 140 g/mol. The number of hydrogen-bond acceptors (Lipinski definition) is 0. The number of rotatable bonds is 1. The van der Waals surface area contributed by atoms with Gasteiger partial charge in [-0.25, -0.2) is 0 Å². The Morgan fingerprint density at radius 3 is 1.88 bits per heavy atom. The van der Waals surface area contributed by atoms with Crippen molar-refractivity contribution in [2.45, 2.75) is 12.3 Å². The van der Waals surface area contributed by atoms with Crippen molar-refractivity contribution in [1.82, 2.24) is 0 Å². The molecule has 4 heteroatoms. The van der Waals surface area contributed by atoms with Gasteiger partial charge >= 0.3 is 5.80 Å². The molecule has 0 aromatic heterocycles. The average Bonchev–Trinajstić information content (AvgIpc) is 1.62. The van der Waals surface area contributed by atoms with Gasteiger partial charge in [-0.15, -0.1) is 6.58 Å². The molecule has 0 saturated carbocycles. The molecule has 0 aromatic rings. The van der Waals surface area contributed by atoms with E-state index in [9.17, 15) is 13.2 Å². The first-order valence-corrected chi connectivity index (χ1v) is 4.57. The lowest BCUT2D eigenvalue weighted by atomic mass is 11.3. The van der Waals surface area contributed by atoms with Crippen LogP contribution in [0.15, 0.2) is 12.3 Å². The van der Waals surface area contributed by atoms with Crippen LogP contribution in [0, 0.1) is 0 Å². The normalized spacial score (nSPS) is 15.5. The Labute approximate surface area is 47.6 Å². The van der Waals surface area contributed by atoms with E-state index in [1.54, 1.807) is 0 Å². The summed E-state index contributed by atoms with van der Waals surface area (Å²) in [6.45, 7) is 4.27. The topological polar surface area (TPSA) is 0 Å². The maximum atomic E-state index is 11.4. The van der Waals surface area contributed by atoms with Gasteiger partial charge in [0, 0.05) is 0 Å². The Kier molecular flexibility index (Phi) is 2.27. The summed E-state index contributed by atoms with van der Waals surface area (Å²) in [6, 6.07) is 0. The minimum Gasteiger partial charge on any atom is -0.177 e. The Bertz CT molecular complexity index is 85.8. The molecule has 0 radical (unpaired) electrons. The lowest BCUT2D eigenvalue weighted by Crippen LogP contribution is -2.27. The van der Waals surface area contributed by atoms with Gasteiger partial charge in [-0.2, -0.15) is 13.2 Å². The first-order chi connectivity index (χ1) is 3.48. The van der Waals surface area contributed by atoms with E-state index in [2.05, 4.69) is 6.58 Å². The van der Waals surface area contributed by atoms with Crippen LogP contribution in [-0.2, 0) is 0 Å². The van der Waals surface area contributed by atoms with Crippen molar-refractivity contribution in [3.63, 3.8) is 0 Å². The molecule has 0 fully saturated rings. The van der Waals surface area contributed by atoms with E-state index in [0.29, 0.717) is 0 Å². The van der Waals surface area contributed by atoms with Gasteiger partial charge in [-0.1, -0.05) is 12.2 Å². The molecule has 0 saturated heterocycles. The first-order valence-electron chi connectivity index (χ1n) is 2.17. The number of hydrogen-bond donors (Lipinski definition) is 0. The second-order valence-electron chi connectivity index (χ2n) is 1.57. The molecule has 0 nitrogen and oxygen atoms in total. The van der Waals surface area contributed by atoms with Gasteiger partial charge in [-0.05, 0) is 0 Å². The van der Waals surface area contributed by atoms with Crippen LogP contribution in [0.5, 0.6) is 0 Å². The van der Waals surface area contributed by atoms with Gasteiger partial charge in [0.2, 0.25) is 0 Å². The molecule has 0 aliphatic heterocycles. The third-order valence-corrected chi connectivity index (χ3v) is 2.61. The van der Waals surface area contributed by atoms with Crippen molar-refractivity contribution >= 4 is 8.80 Å². The van der Waals surface area contributed by atoms with Crippen LogP contribution in [0.1, 0.15) is 0 Å². The summed E-state index contributed by atoms with van der Waals surface area (Å²) < 4.78 is 34.3. The van der Waals surface area contributed by atoms with Crippen LogP contribution >= 0.6 is 0 Å². The summed E-state index contributed by atoms with van der Waals surface area (Å²) in [6.07, 6.45) is 0. The first kappa shape index (κ1) is 7.75. The van der Waals surface area contributed by atoms with Crippen LogP contribution in [0.4, 0.5) is 13.2 Å². The fraction of sp³-hybridized carbons (Fsp3) is 0.500. The van der Waals surface area contributed by atoms with Crippen molar-refractivity contribution < 1.29 is 13.2 Å². The smallest absolute Gasteiger partial charge is 0.177 e. The predicted molar refractivity (Wildman–Crippen MR) is 29.3 cm³/mol. The standard InChI is InChI=1S/C4H7F3Si/c1-3-8(2)4(5,6)7/h3,8H,1H2,2H3. The monoisotopic (exact) mass is 140 g/mol. The fourth-order valence-electron chi connectivity index (χ4n) is 0.134. The second-order valence-corrected chi connectivity index (χ2v) is 4.27. The van der Waals surface area contributed by atoms with E-state index in [-0.39, 0.29) is 0 Å². The lowest BCUT2D eigenvalue weighted by molar-refractivity contribution is -0.0496. The van der Waals surface area contributed by atoms with Gasteiger partial charge in [0.25, 0.3) is 0 Å². The van der Waals surface area contributed by atoms with Gasteiger partial charge in [0.1, 0.15) is 0 Å². The number of alkyl halides is 3. The predicted octanol–water partition coefficient (Wildman–Crippen LogP) is 1.67. The summed E-state index contributed by atoms with van der Waals surface area (Å²) in [7, 11) is -2.61. The fourth-order valence-corrected chi connectivity index (χ4v) is 0.401. The zero-order valence-corrected chi connectivity index (χ0v) is 5.65. The Balaban J connectivity index is 3.80. The molecule has 0 spiro atoms. The Morgan fingerprint density at radius 1 is 1.50 bits per heavy atom. The van der Waals surface area contributed by atoms with Crippen LogP contribution in [0.3, 0.4) is 0 Å². The maximum absolute atomic E-state index is 11.4. The molecule has 0 heterocycles.